The molecule has 0 fully saturated rings. The Hall–Kier alpha value is -4.31. The molecule has 1 heterocycles. The Labute approximate surface area is 219 Å². The molecule has 1 aromatic heterocycles. The van der Waals surface area contributed by atoms with Crippen molar-refractivity contribution in [1.29, 1.82) is 10.5 Å². The van der Waals surface area contributed by atoms with Crippen molar-refractivity contribution in [1.82, 2.24) is 4.98 Å². The molecule has 9 heteroatoms. The smallest absolute Gasteiger partial charge is 0.182 e. The number of benzene rings is 3. The SMILES string of the molecule is Cc1ccc(S(=O)(=O)Cc2cccc(CSc3nc(N)c(C#N)c(-c4ccc(O)cc4)c3C#N)c2)cc1. The van der Waals surface area contributed by atoms with Gasteiger partial charge in [-0.05, 0) is 47.9 Å². The second-order valence-corrected chi connectivity index (χ2v) is 11.3. The Balaban J connectivity index is 1.62. The van der Waals surface area contributed by atoms with Gasteiger partial charge in [0.2, 0.25) is 0 Å². The van der Waals surface area contributed by atoms with Gasteiger partial charge in [-0.15, -0.1) is 11.8 Å². The number of nitrogen functional groups attached to an aromatic ring is 1. The van der Waals surface area contributed by atoms with Crippen molar-refractivity contribution in [2.45, 2.75) is 28.4 Å². The van der Waals surface area contributed by atoms with Crippen LogP contribution >= 0.6 is 11.8 Å². The third-order valence-electron chi connectivity index (χ3n) is 5.68. The predicted molar refractivity (Wildman–Crippen MR) is 143 cm³/mol. The first kappa shape index (κ1) is 25.8. The van der Waals surface area contributed by atoms with E-state index in [0.717, 1.165) is 11.1 Å². The third kappa shape index (κ3) is 5.75. The first-order valence-corrected chi connectivity index (χ1v) is 13.8. The molecule has 0 spiro atoms. The molecule has 0 aliphatic rings. The van der Waals surface area contributed by atoms with E-state index < -0.39 is 9.84 Å². The Morgan fingerprint density at radius 2 is 1.59 bits per heavy atom. The van der Waals surface area contributed by atoms with Gasteiger partial charge < -0.3 is 10.8 Å². The largest absolute Gasteiger partial charge is 0.508 e. The lowest BCUT2D eigenvalue weighted by Gasteiger charge is -2.13. The Kier molecular flexibility index (Phi) is 7.49. The molecule has 0 bridgehead atoms. The summed E-state index contributed by atoms with van der Waals surface area (Å²) in [6.07, 6.45) is 0. The van der Waals surface area contributed by atoms with E-state index in [0.29, 0.717) is 27.5 Å². The van der Waals surface area contributed by atoms with Gasteiger partial charge in [0.05, 0.1) is 16.2 Å². The van der Waals surface area contributed by atoms with E-state index >= 15 is 0 Å². The minimum absolute atomic E-state index is 0.00465. The highest BCUT2D eigenvalue weighted by molar-refractivity contribution is 7.98. The fraction of sp³-hybridized carbons (Fsp3) is 0.107. The molecule has 0 saturated heterocycles. The molecule has 7 nitrogen and oxygen atoms in total. The van der Waals surface area contributed by atoms with E-state index in [1.807, 2.05) is 25.1 Å². The van der Waals surface area contributed by atoms with Gasteiger partial charge >= 0.3 is 0 Å². The van der Waals surface area contributed by atoms with Gasteiger partial charge in [-0.25, -0.2) is 13.4 Å². The van der Waals surface area contributed by atoms with Crippen LogP contribution in [0.25, 0.3) is 11.1 Å². The minimum atomic E-state index is -3.50. The Morgan fingerprint density at radius 3 is 2.24 bits per heavy atom. The molecule has 4 rings (SSSR count). The van der Waals surface area contributed by atoms with Crippen LogP contribution in [0, 0.1) is 29.6 Å². The molecule has 0 aliphatic carbocycles. The van der Waals surface area contributed by atoms with Gasteiger partial charge in [0.15, 0.2) is 9.84 Å². The van der Waals surface area contributed by atoms with Gasteiger partial charge in [-0.1, -0.05) is 54.1 Å². The summed E-state index contributed by atoms with van der Waals surface area (Å²) in [7, 11) is -3.50. The number of aryl methyl sites for hydroxylation is 1. The fourth-order valence-electron chi connectivity index (χ4n) is 3.83. The number of aromatic nitrogens is 1. The Bertz CT molecular complexity index is 1650. The van der Waals surface area contributed by atoms with E-state index in [2.05, 4.69) is 11.1 Å². The van der Waals surface area contributed by atoms with Crippen molar-refractivity contribution in [2.24, 2.45) is 0 Å². The number of pyridine rings is 1. The van der Waals surface area contributed by atoms with E-state index in [9.17, 15) is 24.0 Å². The van der Waals surface area contributed by atoms with Crippen LogP contribution in [0.15, 0.2) is 82.7 Å². The number of thioether (sulfide) groups is 1. The maximum atomic E-state index is 12.9. The average molecular weight is 527 g/mol. The summed E-state index contributed by atoms with van der Waals surface area (Å²) in [5.74, 6) is 0.331. The molecule has 3 aromatic carbocycles. The average Bonchev–Trinajstić information content (AvgIpc) is 2.88. The third-order valence-corrected chi connectivity index (χ3v) is 8.43. The molecule has 3 N–H and O–H groups in total. The highest BCUT2D eigenvalue weighted by Gasteiger charge is 2.21. The lowest BCUT2D eigenvalue weighted by atomic mass is 9.97. The van der Waals surface area contributed by atoms with Crippen LogP contribution in [0.4, 0.5) is 5.82 Å². The van der Waals surface area contributed by atoms with E-state index in [1.54, 1.807) is 48.5 Å². The normalized spacial score (nSPS) is 11.0. The molecule has 0 amide bonds. The number of rotatable bonds is 7. The van der Waals surface area contributed by atoms with Gasteiger partial charge in [0, 0.05) is 11.3 Å². The van der Waals surface area contributed by atoms with Crippen molar-refractivity contribution in [3.8, 4) is 29.0 Å². The number of aromatic hydroxyl groups is 1. The molecular weight excluding hydrogens is 504 g/mol. The molecular formula is C28H22N4O3S2. The minimum Gasteiger partial charge on any atom is -0.508 e. The van der Waals surface area contributed by atoms with Crippen molar-refractivity contribution in [2.75, 3.05) is 5.73 Å². The highest BCUT2D eigenvalue weighted by Crippen LogP contribution is 2.37. The molecule has 0 aliphatic heterocycles. The number of nitrogens with zero attached hydrogens (tertiary/aromatic N) is 3. The number of nitrogens with two attached hydrogens (primary N) is 1. The number of phenolic OH excluding ortho intramolecular Hbond substituents is 1. The number of hydrogen-bond donors (Lipinski definition) is 2. The standard InChI is InChI=1S/C28H22N4O3S2/c1-18-5-11-23(12-6-18)37(34,35)17-20-4-2-3-19(13-20)16-36-28-25(15-30)26(24(14-29)27(31)32-28)21-7-9-22(33)10-8-21/h2-13,33H,16-17H2,1H3,(H2,31,32). The van der Waals surface area contributed by atoms with Crippen LogP contribution in [-0.4, -0.2) is 18.5 Å². The van der Waals surface area contributed by atoms with Gasteiger partial charge in [-0.3, -0.25) is 0 Å². The monoisotopic (exact) mass is 526 g/mol. The molecule has 37 heavy (non-hydrogen) atoms. The number of sulfone groups is 1. The van der Waals surface area contributed by atoms with Crippen molar-refractivity contribution >= 4 is 27.4 Å². The number of nitriles is 2. The maximum absolute atomic E-state index is 12.9. The first-order valence-electron chi connectivity index (χ1n) is 11.1. The lowest BCUT2D eigenvalue weighted by Crippen LogP contribution is -2.05. The predicted octanol–water partition coefficient (Wildman–Crippen LogP) is 5.35. The van der Waals surface area contributed by atoms with Crippen molar-refractivity contribution in [3.05, 3.63) is 101 Å². The summed E-state index contributed by atoms with van der Waals surface area (Å²) in [6.45, 7) is 1.90. The zero-order valence-electron chi connectivity index (χ0n) is 19.8. The summed E-state index contributed by atoms with van der Waals surface area (Å²) < 4.78 is 25.7. The summed E-state index contributed by atoms with van der Waals surface area (Å²) >= 11 is 1.27. The van der Waals surface area contributed by atoms with Crippen LogP contribution in [0.3, 0.4) is 0 Å². The summed E-state index contributed by atoms with van der Waals surface area (Å²) in [5, 5.41) is 29.6. The Morgan fingerprint density at radius 1 is 0.946 bits per heavy atom. The van der Waals surface area contributed by atoms with Crippen LogP contribution < -0.4 is 5.73 Å². The lowest BCUT2D eigenvalue weighted by molar-refractivity contribution is 0.475. The van der Waals surface area contributed by atoms with Crippen LogP contribution in [0.5, 0.6) is 5.75 Å². The summed E-state index contributed by atoms with van der Waals surface area (Å²) in [4.78, 5) is 4.59. The molecule has 0 unspecified atom stereocenters. The topological polar surface area (TPSA) is 141 Å². The van der Waals surface area contributed by atoms with E-state index in [4.69, 9.17) is 5.73 Å². The zero-order valence-corrected chi connectivity index (χ0v) is 21.5. The summed E-state index contributed by atoms with van der Waals surface area (Å²) in [5.41, 5.74) is 9.78. The molecule has 4 aromatic rings. The van der Waals surface area contributed by atoms with E-state index in [-0.39, 0.29) is 33.3 Å². The molecule has 0 atom stereocenters. The maximum Gasteiger partial charge on any atom is 0.182 e. The van der Waals surface area contributed by atoms with Gasteiger partial charge in [-0.2, -0.15) is 10.5 Å². The van der Waals surface area contributed by atoms with Gasteiger partial charge in [0.25, 0.3) is 0 Å². The molecule has 184 valence electrons. The second kappa shape index (κ2) is 10.8. The highest BCUT2D eigenvalue weighted by atomic mass is 32.2. The van der Waals surface area contributed by atoms with Crippen molar-refractivity contribution in [3.63, 3.8) is 0 Å². The second-order valence-electron chi connectivity index (χ2n) is 8.38. The number of anilines is 1. The van der Waals surface area contributed by atoms with Crippen LogP contribution in [0.2, 0.25) is 0 Å². The molecule has 0 radical (unpaired) electrons. The molecule has 0 saturated carbocycles. The fourth-order valence-corrected chi connectivity index (χ4v) is 6.10. The van der Waals surface area contributed by atoms with E-state index in [1.165, 1.54) is 23.9 Å². The quantitative estimate of drug-likeness (QED) is 0.307. The van der Waals surface area contributed by atoms with Crippen LogP contribution in [-0.2, 0) is 21.3 Å². The number of phenols is 1. The summed E-state index contributed by atoms with van der Waals surface area (Å²) in [6, 6.07) is 24.4. The van der Waals surface area contributed by atoms with Crippen LogP contribution in [0.1, 0.15) is 27.8 Å². The van der Waals surface area contributed by atoms with Crippen molar-refractivity contribution < 1.29 is 13.5 Å². The zero-order chi connectivity index (χ0) is 26.6. The van der Waals surface area contributed by atoms with Gasteiger partial charge in [0.1, 0.15) is 34.3 Å². The first-order chi connectivity index (χ1) is 17.7. The number of hydrogen-bond acceptors (Lipinski definition) is 8.